The Hall–Kier alpha value is -2.63. The summed E-state index contributed by atoms with van der Waals surface area (Å²) in [6.07, 6.45) is 2.93. The minimum Gasteiger partial charge on any atom is -0.455 e. The summed E-state index contributed by atoms with van der Waals surface area (Å²) in [4.78, 5) is 15.7. The first-order valence-corrected chi connectivity index (χ1v) is 7.69. The zero-order chi connectivity index (χ0) is 16.9. The smallest absolute Gasteiger partial charge is 0.289 e. The van der Waals surface area contributed by atoms with Crippen molar-refractivity contribution in [2.45, 2.75) is 0 Å². The first kappa shape index (κ1) is 16.2. The fraction of sp³-hybridized carbons (Fsp3) is 0. The first-order chi connectivity index (χ1) is 11.6. The molecule has 0 aliphatic rings. The Bertz CT molecular complexity index is 892. The van der Waals surface area contributed by atoms with Crippen LogP contribution in [0, 0.1) is 0 Å². The summed E-state index contributed by atoms with van der Waals surface area (Å²) in [6, 6.07) is 13.7. The highest BCUT2D eigenvalue weighted by molar-refractivity contribution is 6.36. The third-order valence-electron chi connectivity index (χ3n) is 3.08. The average molecular weight is 360 g/mol. The van der Waals surface area contributed by atoms with Crippen LogP contribution in [0.1, 0.15) is 16.2 Å². The van der Waals surface area contributed by atoms with Crippen LogP contribution in [0.3, 0.4) is 0 Å². The molecule has 2 heterocycles. The molecule has 3 aromatic rings. The van der Waals surface area contributed by atoms with Crippen LogP contribution in [0.25, 0.3) is 11.3 Å². The SMILES string of the molecule is O=C(N/N=C/c1ccc(-c2ccc(Cl)cc2Cl)o1)c1ccccn1. The van der Waals surface area contributed by atoms with E-state index in [1.807, 2.05) is 0 Å². The van der Waals surface area contributed by atoms with E-state index in [1.165, 1.54) is 12.4 Å². The van der Waals surface area contributed by atoms with E-state index in [2.05, 4.69) is 15.5 Å². The Kier molecular flexibility index (Phi) is 4.93. The molecule has 3 rings (SSSR count). The molecule has 0 unspecified atom stereocenters. The maximum absolute atomic E-state index is 11.8. The zero-order valence-corrected chi connectivity index (χ0v) is 13.8. The maximum Gasteiger partial charge on any atom is 0.289 e. The Labute approximate surface area is 147 Å². The molecule has 1 aromatic carbocycles. The fourth-order valence-corrected chi connectivity index (χ4v) is 2.47. The van der Waals surface area contributed by atoms with E-state index in [4.69, 9.17) is 27.6 Å². The van der Waals surface area contributed by atoms with Crippen molar-refractivity contribution in [2.75, 3.05) is 0 Å². The van der Waals surface area contributed by atoms with E-state index in [0.29, 0.717) is 21.6 Å². The van der Waals surface area contributed by atoms with Crippen LogP contribution in [0.4, 0.5) is 0 Å². The van der Waals surface area contributed by atoms with Crippen molar-refractivity contribution >= 4 is 35.3 Å². The molecule has 1 amide bonds. The average Bonchev–Trinajstić information content (AvgIpc) is 3.04. The molecule has 0 aliphatic heterocycles. The summed E-state index contributed by atoms with van der Waals surface area (Å²) in [5.41, 5.74) is 3.38. The number of carbonyl (C=O) groups excluding carboxylic acids is 1. The van der Waals surface area contributed by atoms with Crippen LogP contribution < -0.4 is 5.43 Å². The van der Waals surface area contributed by atoms with Gasteiger partial charge in [0.15, 0.2) is 0 Å². The van der Waals surface area contributed by atoms with Gasteiger partial charge in [0.25, 0.3) is 5.91 Å². The normalized spacial score (nSPS) is 10.9. The molecule has 7 heteroatoms. The molecule has 24 heavy (non-hydrogen) atoms. The predicted octanol–water partition coefficient (Wildman–Crippen LogP) is 4.41. The van der Waals surface area contributed by atoms with Gasteiger partial charge < -0.3 is 4.42 Å². The van der Waals surface area contributed by atoms with Gasteiger partial charge in [0, 0.05) is 16.8 Å². The van der Waals surface area contributed by atoms with Crippen molar-refractivity contribution in [3.05, 3.63) is 76.2 Å². The van der Waals surface area contributed by atoms with Gasteiger partial charge in [0.05, 0.1) is 11.2 Å². The number of nitrogens with one attached hydrogen (secondary N) is 1. The van der Waals surface area contributed by atoms with E-state index in [1.54, 1.807) is 48.5 Å². The van der Waals surface area contributed by atoms with Crippen LogP contribution in [0.5, 0.6) is 0 Å². The highest BCUT2D eigenvalue weighted by atomic mass is 35.5. The van der Waals surface area contributed by atoms with Crippen molar-refractivity contribution in [1.82, 2.24) is 10.4 Å². The van der Waals surface area contributed by atoms with Gasteiger partial charge in [-0.1, -0.05) is 29.3 Å². The summed E-state index contributed by atoms with van der Waals surface area (Å²) >= 11 is 12.0. The van der Waals surface area contributed by atoms with E-state index in [-0.39, 0.29) is 5.69 Å². The lowest BCUT2D eigenvalue weighted by molar-refractivity contribution is 0.0950. The van der Waals surface area contributed by atoms with Crippen LogP contribution in [-0.2, 0) is 0 Å². The van der Waals surface area contributed by atoms with Crippen LogP contribution in [-0.4, -0.2) is 17.1 Å². The zero-order valence-electron chi connectivity index (χ0n) is 12.2. The number of furan rings is 1. The van der Waals surface area contributed by atoms with Gasteiger partial charge in [0.1, 0.15) is 17.2 Å². The second-order valence-corrected chi connectivity index (χ2v) is 5.58. The lowest BCUT2D eigenvalue weighted by Gasteiger charge is -2.00. The van der Waals surface area contributed by atoms with Gasteiger partial charge in [-0.05, 0) is 42.5 Å². The Balaban J connectivity index is 1.69. The number of halogens is 2. The molecular weight excluding hydrogens is 349 g/mol. The lowest BCUT2D eigenvalue weighted by atomic mass is 10.2. The number of hydrazone groups is 1. The molecule has 0 spiro atoms. The monoisotopic (exact) mass is 359 g/mol. The Morgan fingerprint density at radius 2 is 2.04 bits per heavy atom. The van der Waals surface area contributed by atoms with Gasteiger partial charge in [-0.3, -0.25) is 9.78 Å². The maximum atomic E-state index is 11.8. The summed E-state index contributed by atoms with van der Waals surface area (Å²) in [5.74, 6) is 0.644. The lowest BCUT2D eigenvalue weighted by Crippen LogP contribution is -2.18. The molecule has 1 N–H and O–H groups in total. The first-order valence-electron chi connectivity index (χ1n) is 6.93. The van der Waals surface area contributed by atoms with Crippen molar-refractivity contribution < 1.29 is 9.21 Å². The highest BCUT2D eigenvalue weighted by Gasteiger charge is 2.09. The van der Waals surface area contributed by atoms with Crippen molar-refractivity contribution in [3.8, 4) is 11.3 Å². The van der Waals surface area contributed by atoms with E-state index < -0.39 is 5.91 Å². The molecule has 120 valence electrons. The van der Waals surface area contributed by atoms with Gasteiger partial charge in [-0.2, -0.15) is 5.10 Å². The van der Waals surface area contributed by atoms with Gasteiger partial charge in [0.2, 0.25) is 0 Å². The molecule has 2 aromatic heterocycles. The second-order valence-electron chi connectivity index (χ2n) is 4.74. The molecule has 0 aliphatic carbocycles. The van der Waals surface area contributed by atoms with Gasteiger partial charge in [-0.25, -0.2) is 5.43 Å². The number of hydrogen-bond acceptors (Lipinski definition) is 4. The Morgan fingerprint density at radius 1 is 1.17 bits per heavy atom. The molecule has 0 saturated carbocycles. The van der Waals surface area contributed by atoms with Crippen LogP contribution in [0.15, 0.2) is 64.2 Å². The topological polar surface area (TPSA) is 67.5 Å². The quantitative estimate of drug-likeness (QED) is 0.554. The van der Waals surface area contributed by atoms with Gasteiger partial charge >= 0.3 is 0 Å². The predicted molar refractivity (Wildman–Crippen MR) is 93.5 cm³/mol. The highest BCUT2D eigenvalue weighted by Crippen LogP contribution is 2.31. The number of benzene rings is 1. The van der Waals surface area contributed by atoms with Crippen LogP contribution >= 0.6 is 23.2 Å². The fourth-order valence-electron chi connectivity index (χ4n) is 1.97. The molecule has 0 saturated heterocycles. The largest absolute Gasteiger partial charge is 0.455 e. The summed E-state index contributed by atoms with van der Waals surface area (Å²) in [7, 11) is 0. The molecule has 0 atom stereocenters. The number of aromatic nitrogens is 1. The Morgan fingerprint density at radius 3 is 2.79 bits per heavy atom. The molecule has 5 nitrogen and oxygen atoms in total. The summed E-state index contributed by atoms with van der Waals surface area (Å²) in [6.45, 7) is 0. The summed E-state index contributed by atoms with van der Waals surface area (Å²) in [5, 5.41) is 4.89. The molecular formula is C17H11Cl2N3O2. The van der Waals surface area contributed by atoms with E-state index in [0.717, 1.165) is 5.56 Å². The van der Waals surface area contributed by atoms with E-state index >= 15 is 0 Å². The number of amides is 1. The van der Waals surface area contributed by atoms with E-state index in [9.17, 15) is 4.79 Å². The molecule has 0 fully saturated rings. The summed E-state index contributed by atoms with van der Waals surface area (Å²) < 4.78 is 5.63. The minimum absolute atomic E-state index is 0.280. The molecule has 0 radical (unpaired) electrons. The number of pyridine rings is 1. The van der Waals surface area contributed by atoms with Crippen molar-refractivity contribution in [2.24, 2.45) is 5.10 Å². The number of nitrogens with zero attached hydrogens (tertiary/aromatic N) is 2. The number of hydrogen-bond donors (Lipinski definition) is 1. The van der Waals surface area contributed by atoms with Gasteiger partial charge in [-0.15, -0.1) is 0 Å². The third-order valence-corrected chi connectivity index (χ3v) is 3.63. The standard InChI is InChI=1S/C17H11Cl2N3O2/c18-11-4-6-13(14(19)9-11)16-7-5-12(24-16)10-21-22-17(23)15-3-1-2-8-20-15/h1-10H,(H,22,23)/b21-10+. The van der Waals surface area contributed by atoms with Crippen LogP contribution in [0.2, 0.25) is 10.0 Å². The number of carbonyl (C=O) groups is 1. The minimum atomic E-state index is -0.403. The third kappa shape index (κ3) is 3.82. The van der Waals surface area contributed by atoms with Crippen molar-refractivity contribution in [3.63, 3.8) is 0 Å². The second kappa shape index (κ2) is 7.29. The van der Waals surface area contributed by atoms with Crippen molar-refractivity contribution in [1.29, 1.82) is 0 Å². The molecule has 0 bridgehead atoms. The number of rotatable bonds is 4.